The first-order valence-corrected chi connectivity index (χ1v) is 8.87. The highest BCUT2D eigenvalue weighted by atomic mass is 32.2. The maximum absolute atomic E-state index is 11.8. The minimum Gasteiger partial charge on any atom is -0.376 e. The quantitative estimate of drug-likeness (QED) is 0.459. The molecule has 3 aromatic rings. The van der Waals surface area contributed by atoms with Crippen molar-refractivity contribution in [2.75, 3.05) is 0 Å². The van der Waals surface area contributed by atoms with Crippen LogP contribution in [0.25, 0.3) is 11.1 Å². The van der Waals surface area contributed by atoms with E-state index in [-0.39, 0.29) is 5.75 Å². The van der Waals surface area contributed by atoms with E-state index < -0.39 is 15.6 Å². The van der Waals surface area contributed by atoms with Gasteiger partial charge in [0.1, 0.15) is 5.75 Å². The summed E-state index contributed by atoms with van der Waals surface area (Å²) in [7, 11) is -5.55. The van der Waals surface area contributed by atoms with Crippen molar-refractivity contribution in [2.24, 2.45) is 0 Å². The maximum Gasteiger partial charge on any atom is 0.534 e. The van der Waals surface area contributed by atoms with Crippen LogP contribution in [0.2, 0.25) is 0 Å². The third-order valence-electron chi connectivity index (χ3n) is 3.11. The number of rotatable bonds is 3. The average molecular weight is 380 g/mol. The Bertz CT molecular complexity index is 858. The molecule has 0 bridgehead atoms. The van der Waals surface area contributed by atoms with Crippen molar-refractivity contribution in [3.05, 3.63) is 91.0 Å². The van der Waals surface area contributed by atoms with Gasteiger partial charge in [0.25, 0.3) is 0 Å². The molecule has 0 radical (unpaired) electrons. The Morgan fingerprint density at radius 3 is 1.31 bits per heavy atom. The Hall–Kier alpha value is -2.80. The van der Waals surface area contributed by atoms with Gasteiger partial charge in [-0.25, -0.2) is 0 Å². The van der Waals surface area contributed by atoms with Gasteiger partial charge in [0.2, 0.25) is 0 Å². The standard InChI is InChI=1S/C12H10.C7H5F3O3S/c1-3-7-11(8-4-1)12-9-5-2-6-10-12;8-7(9,10)14(11,12)13-6-4-2-1-3-5-6/h1-10H;1-5H. The van der Waals surface area contributed by atoms with Gasteiger partial charge in [-0.3, -0.25) is 0 Å². The van der Waals surface area contributed by atoms with Crippen molar-refractivity contribution in [1.29, 1.82) is 0 Å². The lowest BCUT2D eigenvalue weighted by Crippen LogP contribution is -2.27. The molecule has 0 N–H and O–H groups in total. The number of hydrogen-bond donors (Lipinski definition) is 0. The van der Waals surface area contributed by atoms with Crippen LogP contribution in [0.5, 0.6) is 5.75 Å². The Balaban J connectivity index is 0.000000189. The second-order valence-electron chi connectivity index (χ2n) is 5.03. The molecule has 0 aliphatic rings. The van der Waals surface area contributed by atoms with Gasteiger partial charge < -0.3 is 4.18 Å². The van der Waals surface area contributed by atoms with Crippen LogP contribution in [0.3, 0.4) is 0 Å². The number of hydrogen-bond acceptors (Lipinski definition) is 3. The van der Waals surface area contributed by atoms with Crippen molar-refractivity contribution in [2.45, 2.75) is 5.51 Å². The predicted octanol–water partition coefficient (Wildman–Crippen LogP) is 5.27. The van der Waals surface area contributed by atoms with Crippen LogP contribution < -0.4 is 4.18 Å². The lowest BCUT2D eigenvalue weighted by Gasteiger charge is -2.08. The smallest absolute Gasteiger partial charge is 0.376 e. The molecule has 3 rings (SSSR count). The molecule has 0 spiro atoms. The van der Waals surface area contributed by atoms with E-state index in [1.165, 1.54) is 29.3 Å². The van der Waals surface area contributed by atoms with Gasteiger partial charge in [0.15, 0.2) is 0 Å². The van der Waals surface area contributed by atoms with Crippen molar-refractivity contribution < 1.29 is 25.8 Å². The molecule has 0 aliphatic heterocycles. The number of alkyl halides is 3. The van der Waals surface area contributed by atoms with Gasteiger partial charge in [-0.05, 0) is 23.3 Å². The zero-order chi connectivity index (χ0) is 19.0. The van der Waals surface area contributed by atoms with E-state index in [0.717, 1.165) is 12.1 Å². The van der Waals surface area contributed by atoms with Crippen molar-refractivity contribution in [3.63, 3.8) is 0 Å². The fourth-order valence-electron chi connectivity index (χ4n) is 1.91. The molecule has 0 atom stereocenters. The highest BCUT2D eigenvalue weighted by molar-refractivity contribution is 7.88. The molecule has 0 saturated heterocycles. The Kier molecular flexibility index (Phi) is 6.41. The Morgan fingerprint density at radius 2 is 0.962 bits per heavy atom. The Labute approximate surface area is 149 Å². The molecule has 0 aliphatic carbocycles. The molecule has 0 saturated carbocycles. The topological polar surface area (TPSA) is 43.4 Å². The maximum atomic E-state index is 11.8. The molecule has 0 unspecified atom stereocenters. The predicted molar refractivity (Wildman–Crippen MR) is 93.9 cm³/mol. The highest BCUT2D eigenvalue weighted by Crippen LogP contribution is 2.26. The zero-order valence-electron chi connectivity index (χ0n) is 13.4. The first-order chi connectivity index (χ1) is 12.3. The van der Waals surface area contributed by atoms with Gasteiger partial charge in [-0.15, -0.1) is 0 Å². The summed E-state index contributed by atoms with van der Waals surface area (Å²) < 4.78 is 60.2. The lowest BCUT2D eigenvalue weighted by atomic mass is 10.1. The van der Waals surface area contributed by atoms with Crippen molar-refractivity contribution in [3.8, 4) is 16.9 Å². The largest absolute Gasteiger partial charge is 0.534 e. The number of benzene rings is 3. The van der Waals surface area contributed by atoms with E-state index in [9.17, 15) is 21.6 Å². The van der Waals surface area contributed by atoms with Crippen molar-refractivity contribution in [1.82, 2.24) is 0 Å². The molecule has 0 amide bonds. The second kappa shape index (κ2) is 8.53. The van der Waals surface area contributed by atoms with E-state index in [1.807, 2.05) is 12.1 Å². The van der Waals surface area contributed by atoms with Crippen LogP contribution in [0.15, 0.2) is 91.0 Å². The van der Waals surface area contributed by atoms with Crippen LogP contribution in [-0.2, 0) is 10.1 Å². The normalized spacial score (nSPS) is 11.2. The molecule has 0 heterocycles. The number of halogens is 3. The summed E-state index contributed by atoms with van der Waals surface area (Å²) in [6.07, 6.45) is 0. The summed E-state index contributed by atoms with van der Waals surface area (Å²) in [5, 5.41) is 0. The van der Waals surface area contributed by atoms with Gasteiger partial charge in [-0.2, -0.15) is 21.6 Å². The molecule has 0 fully saturated rings. The van der Waals surface area contributed by atoms with Crippen LogP contribution in [-0.4, -0.2) is 13.9 Å². The third-order valence-corrected chi connectivity index (χ3v) is 4.09. The van der Waals surface area contributed by atoms with Crippen LogP contribution >= 0.6 is 0 Å². The SMILES string of the molecule is O=S(=O)(Oc1ccccc1)C(F)(F)F.c1ccc(-c2ccccc2)cc1. The first-order valence-electron chi connectivity index (χ1n) is 7.46. The summed E-state index contributed by atoms with van der Waals surface area (Å²) in [5.74, 6) is -0.371. The summed E-state index contributed by atoms with van der Waals surface area (Å²) >= 11 is 0. The Morgan fingerprint density at radius 1 is 0.615 bits per heavy atom. The summed E-state index contributed by atoms with van der Waals surface area (Å²) in [6.45, 7) is 0. The molecule has 0 aromatic heterocycles. The van der Waals surface area contributed by atoms with E-state index in [1.54, 1.807) is 0 Å². The van der Waals surface area contributed by atoms with Gasteiger partial charge >= 0.3 is 15.6 Å². The van der Waals surface area contributed by atoms with E-state index in [4.69, 9.17) is 0 Å². The van der Waals surface area contributed by atoms with E-state index in [0.29, 0.717) is 0 Å². The first kappa shape index (κ1) is 19.5. The van der Waals surface area contributed by atoms with Crippen LogP contribution in [0.1, 0.15) is 0 Å². The zero-order valence-corrected chi connectivity index (χ0v) is 14.2. The van der Waals surface area contributed by atoms with Crippen LogP contribution in [0, 0.1) is 0 Å². The molecule has 3 nitrogen and oxygen atoms in total. The summed E-state index contributed by atoms with van der Waals surface area (Å²) in [5.41, 5.74) is -2.85. The van der Waals surface area contributed by atoms with Gasteiger partial charge in [0, 0.05) is 0 Å². The molecular weight excluding hydrogens is 365 g/mol. The second-order valence-corrected chi connectivity index (χ2v) is 6.57. The van der Waals surface area contributed by atoms with Crippen molar-refractivity contribution >= 4 is 10.1 Å². The third kappa shape index (κ3) is 5.63. The van der Waals surface area contributed by atoms with Gasteiger partial charge in [0.05, 0.1) is 0 Å². The van der Waals surface area contributed by atoms with E-state index in [2.05, 4.69) is 52.7 Å². The van der Waals surface area contributed by atoms with Crippen LogP contribution in [0.4, 0.5) is 13.2 Å². The molecule has 3 aromatic carbocycles. The molecule has 136 valence electrons. The fraction of sp³-hybridized carbons (Fsp3) is 0.0526. The minimum atomic E-state index is -5.55. The summed E-state index contributed by atoms with van der Waals surface area (Å²) in [6, 6.07) is 27.3. The highest BCUT2D eigenvalue weighted by Gasteiger charge is 2.48. The minimum absolute atomic E-state index is 0.371. The molecular formula is C19H15F3O3S. The summed E-state index contributed by atoms with van der Waals surface area (Å²) in [4.78, 5) is 0. The fourth-order valence-corrected chi connectivity index (χ4v) is 2.37. The van der Waals surface area contributed by atoms with Gasteiger partial charge in [-0.1, -0.05) is 78.9 Å². The number of para-hydroxylation sites is 1. The van der Waals surface area contributed by atoms with E-state index >= 15 is 0 Å². The lowest BCUT2D eigenvalue weighted by molar-refractivity contribution is -0.0500. The molecule has 26 heavy (non-hydrogen) atoms. The average Bonchev–Trinajstić information content (AvgIpc) is 2.63. The monoisotopic (exact) mass is 380 g/mol. The molecule has 7 heteroatoms.